The first-order valence-corrected chi connectivity index (χ1v) is 6.55. The number of hydrogen-bond acceptors (Lipinski definition) is 2. The van der Waals surface area contributed by atoms with Crippen molar-refractivity contribution in [1.29, 1.82) is 0 Å². The van der Waals surface area contributed by atoms with Crippen LogP contribution in [0.2, 0.25) is 0 Å². The fourth-order valence-corrected chi connectivity index (χ4v) is 2.32. The van der Waals surface area contributed by atoms with Crippen LogP contribution in [-0.4, -0.2) is 21.0 Å². The van der Waals surface area contributed by atoms with Gasteiger partial charge in [-0.15, -0.1) is 0 Å². The molecule has 0 saturated heterocycles. The van der Waals surface area contributed by atoms with Gasteiger partial charge in [0.1, 0.15) is 17.6 Å². The lowest BCUT2D eigenvalue weighted by Crippen LogP contribution is -2.15. The second kappa shape index (κ2) is 5.36. The molecular formula is C16H13FN2O2. The van der Waals surface area contributed by atoms with Crippen molar-refractivity contribution < 1.29 is 14.3 Å². The molecule has 0 radical (unpaired) electrons. The molecule has 0 amide bonds. The van der Waals surface area contributed by atoms with Gasteiger partial charge in [0, 0.05) is 0 Å². The van der Waals surface area contributed by atoms with E-state index in [4.69, 9.17) is 0 Å². The number of aliphatic carboxylic acids is 1. The Kier molecular flexibility index (Phi) is 3.39. The number of hydrogen-bond donors (Lipinski definition) is 2. The van der Waals surface area contributed by atoms with E-state index in [1.807, 2.05) is 30.3 Å². The zero-order chi connectivity index (χ0) is 14.8. The average Bonchev–Trinajstić information content (AvgIpc) is 2.88. The van der Waals surface area contributed by atoms with Crippen molar-refractivity contribution in [3.63, 3.8) is 0 Å². The molecule has 106 valence electrons. The Labute approximate surface area is 120 Å². The fourth-order valence-electron chi connectivity index (χ4n) is 2.32. The maximum absolute atomic E-state index is 13.2. The van der Waals surface area contributed by atoms with Gasteiger partial charge in [0.2, 0.25) is 0 Å². The number of carboxylic acids is 1. The van der Waals surface area contributed by atoms with E-state index in [2.05, 4.69) is 9.97 Å². The molecule has 1 unspecified atom stereocenters. The summed E-state index contributed by atoms with van der Waals surface area (Å²) in [6, 6.07) is 13.5. The Bertz CT molecular complexity index is 783. The molecule has 2 aromatic carbocycles. The van der Waals surface area contributed by atoms with E-state index in [1.54, 1.807) is 0 Å². The number of carboxylic acid groups (broad SMARTS) is 1. The predicted molar refractivity (Wildman–Crippen MR) is 76.6 cm³/mol. The van der Waals surface area contributed by atoms with E-state index in [1.165, 1.54) is 18.2 Å². The number of nitrogens with one attached hydrogen (secondary N) is 1. The molecule has 3 aromatic rings. The monoisotopic (exact) mass is 284 g/mol. The van der Waals surface area contributed by atoms with Crippen molar-refractivity contribution >= 4 is 17.0 Å². The lowest BCUT2D eigenvalue weighted by atomic mass is 9.99. The van der Waals surface area contributed by atoms with Gasteiger partial charge in [-0.1, -0.05) is 30.3 Å². The summed E-state index contributed by atoms with van der Waals surface area (Å²) in [5, 5.41) is 9.43. The number of fused-ring (bicyclic) bond motifs is 1. The van der Waals surface area contributed by atoms with Crippen molar-refractivity contribution in [3.8, 4) is 0 Å². The third-order valence-electron chi connectivity index (χ3n) is 3.37. The number of aromatic nitrogens is 2. The maximum atomic E-state index is 13.2. The summed E-state index contributed by atoms with van der Waals surface area (Å²) in [5.74, 6) is -1.79. The highest BCUT2D eigenvalue weighted by molar-refractivity contribution is 5.79. The van der Waals surface area contributed by atoms with E-state index in [9.17, 15) is 14.3 Å². The topological polar surface area (TPSA) is 66.0 Å². The van der Waals surface area contributed by atoms with Crippen LogP contribution in [0.4, 0.5) is 4.39 Å². The molecule has 1 heterocycles. The first-order valence-electron chi connectivity index (χ1n) is 6.55. The highest BCUT2D eigenvalue weighted by atomic mass is 19.1. The third kappa shape index (κ3) is 2.76. The summed E-state index contributed by atoms with van der Waals surface area (Å²) < 4.78 is 13.2. The Hall–Kier alpha value is -2.69. The number of H-pyrrole nitrogens is 1. The van der Waals surface area contributed by atoms with E-state index >= 15 is 0 Å². The van der Waals surface area contributed by atoms with Crippen LogP contribution >= 0.6 is 0 Å². The van der Waals surface area contributed by atoms with Gasteiger partial charge in [0.05, 0.1) is 11.0 Å². The number of aromatic amines is 1. The van der Waals surface area contributed by atoms with Crippen LogP contribution in [0.15, 0.2) is 48.5 Å². The second-order valence-electron chi connectivity index (χ2n) is 4.86. The molecule has 0 aliphatic carbocycles. The number of benzene rings is 2. The van der Waals surface area contributed by atoms with E-state index in [-0.39, 0.29) is 5.82 Å². The van der Waals surface area contributed by atoms with Gasteiger partial charge in [-0.2, -0.15) is 0 Å². The van der Waals surface area contributed by atoms with E-state index in [0.717, 1.165) is 5.56 Å². The Morgan fingerprint density at radius 1 is 1.24 bits per heavy atom. The molecule has 4 nitrogen and oxygen atoms in total. The molecule has 1 atom stereocenters. The van der Waals surface area contributed by atoms with Gasteiger partial charge in [0.15, 0.2) is 0 Å². The lowest BCUT2D eigenvalue weighted by Gasteiger charge is -2.09. The molecular weight excluding hydrogens is 271 g/mol. The van der Waals surface area contributed by atoms with Gasteiger partial charge >= 0.3 is 5.97 Å². The summed E-state index contributed by atoms with van der Waals surface area (Å²) in [6.45, 7) is 0. The Balaban J connectivity index is 1.97. The average molecular weight is 284 g/mol. The van der Waals surface area contributed by atoms with Gasteiger partial charge in [-0.05, 0) is 30.2 Å². The molecule has 5 heteroatoms. The van der Waals surface area contributed by atoms with Gasteiger partial charge in [-0.3, -0.25) is 4.79 Å². The lowest BCUT2D eigenvalue weighted by molar-refractivity contribution is -0.138. The number of nitrogens with zero attached hydrogens (tertiary/aromatic N) is 1. The van der Waals surface area contributed by atoms with Crippen LogP contribution in [0.3, 0.4) is 0 Å². The number of carbonyl (C=O) groups is 1. The molecule has 0 aliphatic rings. The molecule has 0 saturated carbocycles. The predicted octanol–water partition coefficient (Wildman–Crippen LogP) is 3.11. The second-order valence-corrected chi connectivity index (χ2v) is 4.86. The normalized spacial score (nSPS) is 12.4. The van der Waals surface area contributed by atoms with Crippen LogP contribution in [0.5, 0.6) is 0 Å². The summed E-state index contributed by atoms with van der Waals surface area (Å²) in [7, 11) is 0. The first kappa shape index (κ1) is 13.3. The Morgan fingerprint density at radius 3 is 2.71 bits per heavy atom. The van der Waals surface area contributed by atoms with Crippen LogP contribution < -0.4 is 0 Å². The highest BCUT2D eigenvalue weighted by Gasteiger charge is 2.24. The minimum atomic E-state index is -0.960. The largest absolute Gasteiger partial charge is 0.481 e. The van der Waals surface area contributed by atoms with Gasteiger partial charge in [0.25, 0.3) is 0 Å². The summed E-state index contributed by atoms with van der Waals surface area (Å²) in [5.41, 5.74) is 1.98. The van der Waals surface area contributed by atoms with Crippen molar-refractivity contribution in [3.05, 3.63) is 65.7 Å². The zero-order valence-corrected chi connectivity index (χ0v) is 11.1. The van der Waals surface area contributed by atoms with Crippen LogP contribution in [0.25, 0.3) is 11.0 Å². The van der Waals surface area contributed by atoms with Crippen LogP contribution in [0, 0.1) is 5.82 Å². The minimum Gasteiger partial charge on any atom is -0.481 e. The van der Waals surface area contributed by atoms with Crippen LogP contribution in [-0.2, 0) is 11.2 Å². The number of halogens is 1. The molecule has 0 aliphatic heterocycles. The minimum absolute atomic E-state index is 0.332. The molecule has 3 rings (SSSR count). The van der Waals surface area contributed by atoms with E-state index in [0.29, 0.717) is 23.3 Å². The molecule has 0 fully saturated rings. The quantitative estimate of drug-likeness (QED) is 0.773. The molecule has 1 aromatic heterocycles. The smallest absolute Gasteiger partial charge is 0.314 e. The molecule has 21 heavy (non-hydrogen) atoms. The Morgan fingerprint density at radius 2 is 2.00 bits per heavy atom. The number of rotatable bonds is 4. The number of imidazole rings is 1. The summed E-state index contributed by atoms with van der Waals surface area (Å²) in [6.07, 6.45) is 0.332. The van der Waals surface area contributed by atoms with E-state index < -0.39 is 11.9 Å². The third-order valence-corrected chi connectivity index (χ3v) is 3.37. The van der Waals surface area contributed by atoms with Crippen molar-refractivity contribution in [2.45, 2.75) is 12.3 Å². The summed E-state index contributed by atoms with van der Waals surface area (Å²) in [4.78, 5) is 18.7. The van der Waals surface area contributed by atoms with Gasteiger partial charge in [-0.25, -0.2) is 9.37 Å². The highest BCUT2D eigenvalue weighted by Crippen LogP contribution is 2.22. The molecule has 0 bridgehead atoms. The zero-order valence-electron chi connectivity index (χ0n) is 11.1. The fraction of sp³-hybridized carbons (Fsp3) is 0.125. The molecule has 0 spiro atoms. The standard InChI is InChI=1S/C16H13FN2O2/c17-11-6-7-13-14(9-11)19-15(18-13)12(16(20)21)8-10-4-2-1-3-5-10/h1-7,9,12H,8H2,(H,18,19)(H,20,21). The van der Waals surface area contributed by atoms with Crippen LogP contribution in [0.1, 0.15) is 17.3 Å². The first-order chi connectivity index (χ1) is 10.1. The van der Waals surface area contributed by atoms with Gasteiger partial charge < -0.3 is 10.1 Å². The summed E-state index contributed by atoms with van der Waals surface area (Å²) >= 11 is 0. The molecule has 2 N–H and O–H groups in total. The van der Waals surface area contributed by atoms with Crippen molar-refractivity contribution in [2.75, 3.05) is 0 Å². The maximum Gasteiger partial charge on any atom is 0.314 e. The SMILES string of the molecule is O=C(O)C(Cc1ccccc1)c1nc2ccc(F)cc2[nH]1. The van der Waals surface area contributed by atoms with Crippen molar-refractivity contribution in [1.82, 2.24) is 9.97 Å². The van der Waals surface area contributed by atoms with Crippen molar-refractivity contribution in [2.24, 2.45) is 0 Å².